The van der Waals surface area contributed by atoms with Crippen LogP contribution < -0.4 is 5.32 Å². The molecule has 0 radical (unpaired) electrons. The van der Waals surface area contributed by atoms with Crippen LogP contribution in [-0.4, -0.2) is 35.5 Å². The second-order valence-electron chi connectivity index (χ2n) is 9.20. The molecule has 8 heteroatoms. The Morgan fingerprint density at radius 1 is 1.08 bits per heavy atom. The summed E-state index contributed by atoms with van der Waals surface area (Å²) in [7, 11) is 0. The van der Waals surface area contributed by atoms with E-state index in [1.165, 1.54) is 0 Å². The fraction of sp³-hybridized carbons (Fsp3) is 0.276. The Morgan fingerprint density at radius 2 is 1.81 bits per heavy atom. The number of aryl methyl sites for hydroxylation is 1. The largest absolute Gasteiger partial charge is 0.481 e. The van der Waals surface area contributed by atoms with Gasteiger partial charge in [0.05, 0.1) is 5.41 Å². The number of hydrogen-bond donors (Lipinski definition) is 2. The molecule has 2 N–H and O–H groups in total. The number of carboxylic acids is 1. The van der Waals surface area contributed by atoms with Gasteiger partial charge in [0.25, 0.3) is 0 Å². The van der Waals surface area contributed by atoms with Gasteiger partial charge >= 0.3 is 12.1 Å². The van der Waals surface area contributed by atoms with Crippen molar-refractivity contribution in [3.8, 4) is 11.8 Å². The van der Waals surface area contributed by atoms with Crippen LogP contribution >= 0.6 is 0 Å². The molecular formula is C29H26N2O6. The van der Waals surface area contributed by atoms with Crippen LogP contribution in [0.4, 0.5) is 10.5 Å². The summed E-state index contributed by atoms with van der Waals surface area (Å²) in [6, 6.07) is 9.44. The van der Waals surface area contributed by atoms with Crippen LogP contribution in [0.15, 0.2) is 81.5 Å². The van der Waals surface area contributed by atoms with Gasteiger partial charge < -0.3 is 19.1 Å². The Balaban J connectivity index is 1.28. The van der Waals surface area contributed by atoms with Gasteiger partial charge in [0.1, 0.15) is 17.5 Å². The maximum absolute atomic E-state index is 12.5. The minimum Gasteiger partial charge on any atom is -0.481 e. The average molecular weight is 499 g/mol. The van der Waals surface area contributed by atoms with Crippen molar-refractivity contribution in [2.75, 3.05) is 18.5 Å². The molecule has 2 aliphatic carbocycles. The highest BCUT2D eigenvalue weighted by Gasteiger charge is 2.44. The fourth-order valence-corrected chi connectivity index (χ4v) is 4.68. The number of nitrogens with one attached hydrogen (secondary N) is 1. The average Bonchev–Trinajstić information content (AvgIpc) is 3.57. The van der Waals surface area contributed by atoms with Crippen LogP contribution in [0.5, 0.6) is 0 Å². The Labute approximate surface area is 214 Å². The quantitative estimate of drug-likeness (QED) is 0.541. The molecule has 0 spiro atoms. The minimum absolute atomic E-state index is 0.218. The number of carbonyl (C=O) groups excluding carboxylic acids is 1. The number of nitrogens with zero attached hydrogens (tertiary/aromatic N) is 1. The molecule has 37 heavy (non-hydrogen) atoms. The molecule has 2 heterocycles. The van der Waals surface area contributed by atoms with Gasteiger partial charge in [-0.05, 0) is 79.2 Å². The van der Waals surface area contributed by atoms with Crippen LogP contribution in [0.3, 0.4) is 0 Å². The van der Waals surface area contributed by atoms with Gasteiger partial charge in [0.2, 0.25) is 5.76 Å². The van der Waals surface area contributed by atoms with Gasteiger partial charge in [0, 0.05) is 18.8 Å². The zero-order valence-electron chi connectivity index (χ0n) is 20.5. The lowest BCUT2D eigenvalue weighted by Gasteiger charge is -2.33. The number of amides is 1. The number of carboxylic acid groups (broad SMARTS) is 1. The maximum Gasteiger partial charge on any atom is 0.412 e. The predicted octanol–water partition coefficient (Wildman–Crippen LogP) is 5.26. The first kappa shape index (κ1) is 24.3. The number of aliphatic carboxylic acids is 1. The second kappa shape index (κ2) is 9.96. The Morgan fingerprint density at radius 3 is 2.51 bits per heavy atom. The van der Waals surface area contributed by atoms with Crippen LogP contribution in [0, 0.1) is 24.2 Å². The minimum atomic E-state index is -0.916. The van der Waals surface area contributed by atoms with Gasteiger partial charge in [-0.1, -0.05) is 41.4 Å². The van der Waals surface area contributed by atoms with E-state index in [1.54, 1.807) is 13.8 Å². The number of benzene rings is 1. The van der Waals surface area contributed by atoms with E-state index in [4.69, 9.17) is 14.0 Å². The first-order valence-corrected chi connectivity index (χ1v) is 12.1. The lowest BCUT2D eigenvalue weighted by molar-refractivity contribution is -0.151. The molecule has 3 aliphatic rings. The first-order chi connectivity index (χ1) is 17.9. The molecule has 0 saturated carbocycles. The summed E-state index contributed by atoms with van der Waals surface area (Å²) in [5, 5.41) is 16.5. The maximum atomic E-state index is 12.5. The summed E-state index contributed by atoms with van der Waals surface area (Å²) in [6.07, 6.45) is 7.51. The summed E-state index contributed by atoms with van der Waals surface area (Å²) in [6.45, 7) is 4.37. The monoisotopic (exact) mass is 498 g/mol. The van der Waals surface area contributed by atoms with Crippen molar-refractivity contribution in [1.29, 1.82) is 0 Å². The lowest BCUT2D eigenvalue weighted by atomic mass is 9.74. The topological polar surface area (TPSA) is 111 Å². The van der Waals surface area contributed by atoms with Gasteiger partial charge in [-0.2, -0.15) is 0 Å². The second-order valence-corrected chi connectivity index (χ2v) is 9.20. The van der Waals surface area contributed by atoms with Gasteiger partial charge in [0.15, 0.2) is 0 Å². The molecule has 2 aromatic rings. The third kappa shape index (κ3) is 4.86. The lowest BCUT2D eigenvalue weighted by Crippen LogP contribution is -2.38. The van der Waals surface area contributed by atoms with Crippen molar-refractivity contribution < 1.29 is 28.7 Å². The molecule has 1 saturated heterocycles. The molecule has 1 aliphatic heterocycles. The highest BCUT2D eigenvalue weighted by atomic mass is 16.6. The fourth-order valence-electron chi connectivity index (χ4n) is 4.68. The summed E-state index contributed by atoms with van der Waals surface area (Å²) in [4.78, 5) is 24.6. The molecule has 1 unspecified atom stereocenters. The number of anilines is 1. The highest BCUT2D eigenvalue weighted by molar-refractivity contribution is 5.87. The molecule has 1 amide bonds. The van der Waals surface area contributed by atoms with E-state index in [9.17, 15) is 14.7 Å². The Hall–Kier alpha value is -4.35. The van der Waals surface area contributed by atoms with Crippen LogP contribution in [0.2, 0.25) is 0 Å². The SMILES string of the molecule is Cc1noc(C#CC2=CC3=CC(C4(C(=O)O)CCOCC4)=CC3=C2)c1NC(=O)OC(C)c1ccccc1. The van der Waals surface area contributed by atoms with Crippen molar-refractivity contribution in [1.82, 2.24) is 5.16 Å². The number of rotatable bonds is 5. The number of aromatic nitrogens is 1. The van der Waals surface area contributed by atoms with E-state index in [0.717, 1.165) is 27.9 Å². The molecule has 0 bridgehead atoms. The molecule has 1 fully saturated rings. The summed E-state index contributed by atoms with van der Waals surface area (Å²) in [5.41, 5.74) is 4.20. The van der Waals surface area contributed by atoms with Crippen molar-refractivity contribution in [2.45, 2.75) is 32.8 Å². The third-order valence-electron chi connectivity index (χ3n) is 6.85. The number of carbonyl (C=O) groups is 2. The summed E-state index contributed by atoms with van der Waals surface area (Å²) in [5.74, 6) is 5.38. The normalized spacial score (nSPS) is 18.3. The first-order valence-electron chi connectivity index (χ1n) is 12.1. The van der Waals surface area contributed by atoms with Crippen molar-refractivity contribution in [3.63, 3.8) is 0 Å². The van der Waals surface area contributed by atoms with Crippen molar-refractivity contribution in [2.24, 2.45) is 5.41 Å². The van der Waals surface area contributed by atoms with Crippen molar-refractivity contribution in [3.05, 3.63) is 93.9 Å². The molecule has 188 valence electrons. The van der Waals surface area contributed by atoms with Gasteiger partial charge in [-0.15, -0.1) is 0 Å². The smallest absolute Gasteiger partial charge is 0.412 e. The van der Waals surface area contributed by atoms with E-state index in [0.29, 0.717) is 37.4 Å². The van der Waals surface area contributed by atoms with E-state index in [1.807, 2.05) is 54.6 Å². The number of hydrogen-bond acceptors (Lipinski definition) is 6. The Bertz CT molecular complexity index is 1430. The standard InChI is InChI=1S/C29H26N2O6/c1-18-26(30-28(34)36-19(2)21-6-4-3-5-7-21)25(37-31-18)9-8-20-14-22-16-24(17-23(22)15-20)29(27(32)33)10-12-35-13-11-29/h3-7,14-17,19H,10-13H2,1-2H3,(H,30,34)(H,32,33). The zero-order valence-corrected chi connectivity index (χ0v) is 20.5. The molecule has 8 nitrogen and oxygen atoms in total. The predicted molar refractivity (Wildman–Crippen MR) is 136 cm³/mol. The van der Waals surface area contributed by atoms with Crippen LogP contribution in [0.1, 0.15) is 42.9 Å². The van der Waals surface area contributed by atoms with E-state index >= 15 is 0 Å². The van der Waals surface area contributed by atoms with Gasteiger partial charge in [-0.3, -0.25) is 10.1 Å². The summed E-state index contributed by atoms with van der Waals surface area (Å²) < 4.78 is 16.2. The van der Waals surface area contributed by atoms with Crippen LogP contribution in [0.25, 0.3) is 0 Å². The summed E-state index contributed by atoms with van der Waals surface area (Å²) >= 11 is 0. The van der Waals surface area contributed by atoms with Crippen molar-refractivity contribution >= 4 is 17.7 Å². The Kier molecular flexibility index (Phi) is 6.55. The third-order valence-corrected chi connectivity index (χ3v) is 6.85. The molecule has 5 rings (SSSR count). The molecule has 1 aromatic carbocycles. The van der Waals surface area contributed by atoms with E-state index < -0.39 is 23.6 Å². The van der Waals surface area contributed by atoms with E-state index in [-0.39, 0.29) is 5.76 Å². The molecule has 1 atom stereocenters. The van der Waals surface area contributed by atoms with Crippen LogP contribution in [-0.2, 0) is 14.3 Å². The number of allylic oxidation sites excluding steroid dienone is 7. The molecular weight excluding hydrogens is 472 g/mol. The molecule has 1 aromatic heterocycles. The number of ether oxygens (including phenoxy) is 2. The zero-order chi connectivity index (χ0) is 26.0. The van der Waals surface area contributed by atoms with E-state index in [2.05, 4.69) is 22.3 Å². The van der Waals surface area contributed by atoms with Gasteiger partial charge in [-0.25, -0.2) is 4.79 Å². The highest BCUT2D eigenvalue weighted by Crippen LogP contribution is 2.45. The number of fused-ring (bicyclic) bond motifs is 1.